The van der Waals surface area contributed by atoms with Crippen LogP contribution in [-0.4, -0.2) is 24.8 Å². The van der Waals surface area contributed by atoms with Gasteiger partial charge in [0.05, 0.1) is 24.0 Å². The predicted octanol–water partition coefficient (Wildman–Crippen LogP) is 2.00. The maximum absolute atomic E-state index is 11.4. The highest BCUT2D eigenvalue weighted by atomic mass is 16.6. The molecule has 1 aliphatic rings. The second-order valence-corrected chi connectivity index (χ2v) is 3.76. The number of carbonyl (C=O) groups excluding carboxylic acids is 1. The minimum absolute atomic E-state index is 0.0517. The first-order valence-electron chi connectivity index (χ1n) is 5.10. The summed E-state index contributed by atoms with van der Waals surface area (Å²) in [5.74, 6) is -0.355. The minimum Gasteiger partial charge on any atom is -0.472 e. The third kappa shape index (κ3) is 2.59. The lowest BCUT2D eigenvalue weighted by atomic mass is 10.2. The van der Waals surface area contributed by atoms with Gasteiger partial charge in [0.15, 0.2) is 0 Å². The molecule has 0 amide bonds. The zero-order valence-electron chi connectivity index (χ0n) is 8.64. The van der Waals surface area contributed by atoms with Crippen molar-refractivity contribution < 1.29 is 18.7 Å². The molecule has 1 fully saturated rings. The summed E-state index contributed by atoms with van der Waals surface area (Å²) in [6.45, 7) is 2.35. The summed E-state index contributed by atoms with van der Waals surface area (Å²) in [5.41, 5.74) is 0.445. The van der Waals surface area contributed by atoms with Gasteiger partial charge in [0.2, 0.25) is 0 Å². The summed E-state index contributed by atoms with van der Waals surface area (Å²) in [5, 5.41) is 0. The Morgan fingerprint density at radius 3 is 3.07 bits per heavy atom. The molecule has 0 bridgehead atoms. The van der Waals surface area contributed by atoms with E-state index in [-0.39, 0.29) is 18.2 Å². The molecule has 2 heterocycles. The van der Waals surface area contributed by atoms with E-state index in [0.29, 0.717) is 12.2 Å². The van der Waals surface area contributed by atoms with Gasteiger partial charge >= 0.3 is 5.97 Å². The molecular formula is C11H14O4. The first-order chi connectivity index (χ1) is 7.25. The van der Waals surface area contributed by atoms with E-state index < -0.39 is 0 Å². The Hall–Kier alpha value is -1.29. The molecule has 0 unspecified atom stereocenters. The Bertz CT molecular complexity index is 317. The van der Waals surface area contributed by atoms with Gasteiger partial charge in [0, 0.05) is 0 Å². The normalized spacial score (nSPS) is 25.4. The first-order valence-corrected chi connectivity index (χ1v) is 5.10. The Morgan fingerprint density at radius 2 is 2.47 bits per heavy atom. The molecule has 2 atom stereocenters. The molecule has 82 valence electrons. The average molecular weight is 210 g/mol. The lowest BCUT2D eigenvalue weighted by molar-refractivity contribution is -0.00269. The molecule has 1 aromatic rings. The van der Waals surface area contributed by atoms with Crippen LogP contribution in [0.2, 0.25) is 0 Å². The van der Waals surface area contributed by atoms with E-state index in [0.717, 1.165) is 12.8 Å². The van der Waals surface area contributed by atoms with E-state index in [1.54, 1.807) is 6.07 Å². The number of hydrogen-bond acceptors (Lipinski definition) is 4. The predicted molar refractivity (Wildman–Crippen MR) is 52.6 cm³/mol. The molecule has 4 heteroatoms. The molecule has 0 aromatic carbocycles. The quantitative estimate of drug-likeness (QED) is 0.716. The van der Waals surface area contributed by atoms with Crippen molar-refractivity contribution in [3.8, 4) is 0 Å². The van der Waals surface area contributed by atoms with Gasteiger partial charge in [-0.2, -0.15) is 0 Å². The van der Waals surface area contributed by atoms with Gasteiger partial charge in [0.1, 0.15) is 12.9 Å². The number of ether oxygens (including phenoxy) is 2. The van der Waals surface area contributed by atoms with Crippen LogP contribution in [0.15, 0.2) is 23.0 Å². The lowest BCUT2D eigenvalue weighted by Gasteiger charge is -2.10. The third-order valence-corrected chi connectivity index (χ3v) is 2.48. The third-order valence-electron chi connectivity index (χ3n) is 2.48. The van der Waals surface area contributed by atoms with E-state index >= 15 is 0 Å². The van der Waals surface area contributed by atoms with Crippen LogP contribution in [0.4, 0.5) is 0 Å². The van der Waals surface area contributed by atoms with Gasteiger partial charge in [-0.05, 0) is 25.8 Å². The van der Waals surface area contributed by atoms with Crippen LogP contribution in [0.3, 0.4) is 0 Å². The largest absolute Gasteiger partial charge is 0.472 e. The van der Waals surface area contributed by atoms with Gasteiger partial charge in [-0.15, -0.1) is 0 Å². The van der Waals surface area contributed by atoms with E-state index in [2.05, 4.69) is 0 Å². The van der Waals surface area contributed by atoms with Gasteiger partial charge in [0.25, 0.3) is 0 Å². The van der Waals surface area contributed by atoms with Crippen LogP contribution < -0.4 is 0 Å². The van der Waals surface area contributed by atoms with Crippen molar-refractivity contribution in [3.63, 3.8) is 0 Å². The van der Waals surface area contributed by atoms with Crippen LogP contribution in [0.25, 0.3) is 0 Å². The fourth-order valence-corrected chi connectivity index (χ4v) is 1.64. The molecule has 15 heavy (non-hydrogen) atoms. The molecular weight excluding hydrogens is 196 g/mol. The standard InChI is InChI=1S/C11H14O4/c1-8-2-3-10(15-8)7-14-11(12)9-4-5-13-6-9/h4-6,8,10H,2-3,7H2,1H3/t8-,10-/m1/s1. The number of carbonyl (C=O) groups is 1. The van der Waals surface area contributed by atoms with Crippen molar-refractivity contribution >= 4 is 5.97 Å². The summed E-state index contributed by atoms with van der Waals surface area (Å²) < 4.78 is 15.4. The van der Waals surface area contributed by atoms with Crippen molar-refractivity contribution in [2.75, 3.05) is 6.61 Å². The average Bonchev–Trinajstić information content (AvgIpc) is 2.84. The number of furan rings is 1. The number of rotatable bonds is 3. The Balaban J connectivity index is 1.76. The monoisotopic (exact) mass is 210 g/mol. The molecule has 1 aromatic heterocycles. The second kappa shape index (κ2) is 4.49. The van der Waals surface area contributed by atoms with Crippen LogP contribution >= 0.6 is 0 Å². The Morgan fingerprint density at radius 1 is 1.60 bits per heavy atom. The fraction of sp³-hybridized carbons (Fsp3) is 0.545. The summed E-state index contributed by atoms with van der Waals surface area (Å²) in [6.07, 6.45) is 5.15. The number of hydrogen-bond donors (Lipinski definition) is 0. The first kappa shape index (κ1) is 10.2. The van der Waals surface area contributed by atoms with Crippen LogP contribution in [-0.2, 0) is 9.47 Å². The highest BCUT2D eigenvalue weighted by Gasteiger charge is 2.23. The molecule has 4 nitrogen and oxygen atoms in total. The van der Waals surface area contributed by atoms with E-state index in [4.69, 9.17) is 13.9 Å². The highest BCUT2D eigenvalue weighted by molar-refractivity contribution is 5.88. The Kier molecular flexibility index (Phi) is 3.06. The summed E-state index contributed by atoms with van der Waals surface area (Å²) >= 11 is 0. The molecule has 1 saturated heterocycles. The number of esters is 1. The van der Waals surface area contributed by atoms with Gasteiger partial charge < -0.3 is 13.9 Å². The SMILES string of the molecule is C[C@@H]1CC[C@H](COC(=O)c2ccoc2)O1. The van der Waals surface area contributed by atoms with Crippen molar-refractivity contribution in [1.29, 1.82) is 0 Å². The Labute approximate surface area is 88.2 Å². The topological polar surface area (TPSA) is 48.7 Å². The van der Waals surface area contributed by atoms with E-state index in [9.17, 15) is 4.79 Å². The molecule has 1 aliphatic heterocycles. The van der Waals surface area contributed by atoms with Crippen LogP contribution in [0.1, 0.15) is 30.1 Å². The molecule has 0 aliphatic carbocycles. The molecule has 0 saturated carbocycles. The van der Waals surface area contributed by atoms with E-state index in [1.165, 1.54) is 12.5 Å². The highest BCUT2D eigenvalue weighted by Crippen LogP contribution is 2.19. The fourth-order valence-electron chi connectivity index (χ4n) is 1.64. The summed E-state index contributed by atoms with van der Waals surface area (Å²) in [6, 6.07) is 1.58. The molecule has 0 radical (unpaired) electrons. The summed E-state index contributed by atoms with van der Waals surface area (Å²) in [7, 11) is 0. The van der Waals surface area contributed by atoms with Gasteiger partial charge in [-0.25, -0.2) is 4.79 Å². The maximum atomic E-state index is 11.4. The van der Waals surface area contributed by atoms with Gasteiger partial charge in [-0.3, -0.25) is 0 Å². The van der Waals surface area contributed by atoms with Crippen molar-refractivity contribution in [2.24, 2.45) is 0 Å². The zero-order valence-corrected chi connectivity index (χ0v) is 8.64. The van der Waals surface area contributed by atoms with Gasteiger partial charge in [-0.1, -0.05) is 0 Å². The minimum atomic E-state index is -0.355. The van der Waals surface area contributed by atoms with Crippen molar-refractivity contribution in [2.45, 2.75) is 32.0 Å². The summed E-state index contributed by atoms with van der Waals surface area (Å²) in [4.78, 5) is 11.4. The zero-order chi connectivity index (χ0) is 10.7. The van der Waals surface area contributed by atoms with Crippen LogP contribution in [0.5, 0.6) is 0 Å². The second-order valence-electron chi connectivity index (χ2n) is 3.76. The van der Waals surface area contributed by atoms with Crippen molar-refractivity contribution in [3.05, 3.63) is 24.2 Å². The maximum Gasteiger partial charge on any atom is 0.341 e. The lowest BCUT2D eigenvalue weighted by Crippen LogP contribution is -2.18. The van der Waals surface area contributed by atoms with Crippen LogP contribution in [0, 0.1) is 0 Å². The van der Waals surface area contributed by atoms with E-state index in [1.807, 2.05) is 6.92 Å². The van der Waals surface area contributed by atoms with Crippen molar-refractivity contribution in [1.82, 2.24) is 0 Å². The molecule has 0 spiro atoms. The molecule has 2 rings (SSSR count). The smallest absolute Gasteiger partial charge is 0.341 e. The molecule has 0 N–H and O–H groups in total.